The Kier molecular flexibility index (Phi) is 2.67. The normalized spacial score (nSPS) is 10.4. The largest absolute Gasteiger partial charge is 0.292 e. The molecule has 2 aromatic heterocycles. The van der Waals surface area contributed by atoms with E-state index in [1.54, 1.807) is 13.2 Å². The standard InChI is InChI=1S/C9H10N6O/c1-6-4-11-7(5-10-6)8(16)3-9-12-14-15(2)13-9/h4-5H,3H2,1-2H3. The van der Waals surface area contributed by atoms with E-state index < -0.39 is 0 Å². The monoisotopic (exact) mass is 218 g/mol. The molecule has 82 valence electrons. The van der Waals surface area contributed by atoms with Crippen LogP contribution in [0.1, 0.15) is 22.0 Å². The minimum absolute atomic E-state index is 0.0889. The Morgan fingerprint density at radius 3 is 2.75 bits per heavy atom. The average Bonchev–Trinajstić information content (AvgIpc) is 2.65. The summed E-state index contributed by atoms with van der Waals surface area (Å²) in [7, 11) is 1.65. The summed E-state index contributed by atoms with van der Waals surface area (Å²) >= 11 is 0. The molecule has 2 aromatic rings. The summed E-state index contributed by atoms with van der Waals surface area (Å²) in [6, 6.07) is 0. The lowest BCUT2D eigenvalue weighted by molar-refractivity contribution is 0.0985. The van der Waals surface area contributed by atoms with Gasteiger partial charge in [0.25, 0.3) is 0 Å². The summed E-state index contributed by atoms with van der Waals surface area (Å²) in [6.07, 6.45) is 3.09. The van der Waals surface area contributed by atoms with Gasteiger partial charge in [-0.3, -0.25) is 9.78 Å². The molecule has 0 saturated carbocycles. The minimum Gasteiger partial charge on any atom is -0.292 e. The maximum Gasteiger partial charge on any atom is 0.190 e. The van der Waals surface area contributed by atoms with Crippen LogP contribution < -0.4 is 0 Å². The molecule has 0 aliphatic heterocycles. The number of hydrogen-bond acceptors (Lipinski definition) is 6. The zero-order chi connectivity index (χ0) is 11.5. The molecule has 2 rings (SSSR count). The van der Waals surface area contributed by atoms with Crippen LogP contribution in [-0.4, -0.2) is 36.0 Å². The molecule has 7 nitrogen and oxygen atoms in total. The van der Waals surface area contributed by atoms with E-state index in [2.05, 4.69) is 25.4 Å². The number of hydrogen-bond donors (Lipinski definition) is 0. The predicted molar refractivity (Wildman–Crippen MR) is 53.6 cm³/mol. The van der Waals surface area contributed by atoms with Gasteiger partial charge in [-0.05, 0) is 12.1 Å². The van der Waals surface area contributed by atoms with Crippen molar-refractivity contribution < 1.29 is 4.79 Å². The van der Waals surface area contributed by atoms with Gasteiger partial charge in [-0.15, -0.1) is 10.2 Å². The molecular weight excluding hydrogens is 208 g/mol. The second-order valence-corrected chi connectivity index (χ2v) is 3.34. The summed E-state index contributed by atoms with van der Waals surface area (Å²) in [4.78, 5) is 21.0. The molecule has 0 aromatic carbocycles. The van der Waals surface area contributed by atoms with Gasteiger partial charge in [-0.1, -0.05) is 0 Å². The van der Waals surface area contributed by atoms with E-state index in [9.17, 15) is 4.79 Å². The zero-order valence-electron chi connectivity index (χ0n) is 8.95. The SMILES string of the molecule is Cc1cnc(C(=O)Cc2nnn(C)n2)cn1. The van der Waals surface area contributed by atoms with Crippen molar-refractivity contribution in [2.75, 3.05) is 0 Å². The van der Waals surface area contributed by atoms with Crippen molar-refractivity contribution in [1.82, 2.24) is 30.2 Å². The van der Waals surface area contributed by atoms with E-state index in [0.717, 1.165) is 5.69 Å². The number of aryl methyl sites for hydroxylation is 2. The smallest absolute Gasteiger partial charge is 0.190 e. The Labute approximate surface area is 91.5 Å². The first-order chi connectivity index (χ1) is 7.65. The number of carbonyl (C=O) groups excluding carboxylic acids is 1. The Morgan fingerprint density at radius 2 is 2.19 bits per heavy atom. The number of nitrogens with zero attached hydrogens (tertiary/aromatic N) is 6. The van der Waals surface area contributed by atoms with Crippen molar-refractivity contribution in [3.63, 3.8) is 0 Å². The molecule has 0 atom stereocenters. The first-order valence-corrected chi connectivity index (χ1v) is 4.70. The van der Waals surface area contributed by atoms with Crippen LogP contribution in [0.4, 0.5) is 0 Å². The maximum absolute atomic E-state index is 11.7. The topological polar surface area (TPSA) is 86.5 Å². The van der Waals surface area contributed by atoms with Crippen LogP contribution >= 0.6 is 0 Å². The maximum atomic E-state index is 11.7. The second kappa shape index (κ2) is 4.13. The van der Waals surface area contributed by atoms with Crippen LogP contribution in [0.25, 0.3) is 0 Å². The van der Waals surface area contributed by atoms with Gasteiger partial charge in [0.2, 0.25) is 0 Å². The van der Waals surface area contributed by atoms with Crippen LogP contribution in [0.2, 0.25) is 0 Å². The predicted octanol–water partition coefficient (Wildman–Crippen LogP) is -0.266. The summed E-state index contributed by atoms with van der Waals surface area (Å²) in [5.74, 6) is 0.218. The van der Waals surface area contributed by atoms with Crippen molar-refractivity contribution in [2.24, 2.45) is 7.05 Å². The molecule has 0 aliphatic carbocycles. The summed E-state index contributed by atoms with van der Waals surface area (Å²) in [5, 5.41) is 11.3. The van der Waals surface area contributed by atoms with Crippen molar-refractivity contribution in [1.29, 1.82) is 0 Å². The molecule has 0 radical (unpaired) electrons. The second-order valence-electron chi connectivity index (χ2n) is 3.34. The molecule has 0 unspecified atom stereocenters. The van der Waals surface area contributed by atoms with Gasteiger partial charge < -0.3 is 0 Å². The molecule has 0 N–H and O–H groups in total. The fourth-order valence-corrected chi connectivity index (χ4v) is 1.16. The average molecular weight is 218 g/mol. The molecule has 0 amide bonds. The number of aromatic nitrogens is 6. The van der Waals surface area contributed by atoms with Crippen molar-refractivity contribution in [2.45, 2.75) is 13.3 Å². The summed E-state index contributed by atoms with van der Waals surface area (Å²) in [5.41, 5.74) is 1.09. The Bertz CT molecular complexity index is 503. The molecule has 7 heteroatoms. The van der Waals surface area contributed by atoms with Crippen LogP contribution in [0.3, 0.4) is 0 Å². The van der Waals surface area contributed by atoms with Gasteiger partial charge in [0.1, 0.15) is 5.69 Å². The van der Waals surface area contributed by atoms with Crippen molar-refractivity contribution in [3.05, 3.63) is 29.6 Å². The highest BCUT2D eigenvalue weighted by molar-refractivity contribution is 5.94. The van der Waals surface area contributed by atoms with E-state index in [1.807, 2.05) is 6.92 Å². The molecule has 2 heterocycles. The first kappa shape index (κ1) is 10.3. The van der Waals surface area contributed by atoms with Crippen LogP contribution in [0, 0.1) is 6.92 Å². The van der Waals surface area contributed by atoms with Crippen molar-refractivity contribution in [3.8, 4) is 0 Å². The highest BCUT2D eigenvalue weighted by Gasteiger charge is 2.12. The Balaban J connectivity index is 2.11. The van der Waals surface area contributed by atoms with Crippen LogP contribution in [0.5, 0.6) is 0 Å². The molecule has 0 fully saturated rings. The molecule has 0 bridgehead atoms. The van der Waals surface area contributed by atoms with Crippen LogP contribution in [-0.2, 0) is 13.5 Å². The third kappa shape index (κ3) is 2.25. The fourth-order valence-electron chi connectivity index (χ4n) is 1.16. The Morgan fingerprint density at radius 1 is 1.38 bits per heavy atom. The van der Waals surface area contributed by atoms with Gasteiger partial charge in [0.05, 0.1) is 25.4 Å². The van der Waals surface area contributed by atoms with E-state index in [-0.39, 0.29) is 12.2 Å². The fraction of sp³-hybridized carbons (Fsp3) is 0.333. The summed E-state index contributed by atoms with van der Waals surface area (Å²) in [6.45, 7) is 1.81. The highest BCUT2D eigenvalue weighted by Crippen LogP contribution is 2.00. The molecule has 0 saturated heterocycles. The lowest BCUT2D eigenvalue weighted by Gasteiger charge is -1.96. The molecular formula is C9H10N6O. The van der Waals surface area contributed by atoms with Gasteiger partial charge in [0.15, 0.2) is 11.6 Å². The van der Waals surface area contributed by atoms with Gasteiger partial charge >= 0.3 is 0 Å². The molecule has 0 aliphatic rings. The van der Waals surface area contributed by atoms with Gasteiger partial charge in [0, 0.05) is 6.20 Å². The number of Topliss-reactive ketones (excluding diaryl/α,β-unsaturated/α-hetero) is 1. The number of carbonyl (C=O) groups is 1. The number of ketones is 1. The minimum atomic E-state index is -0.166. The van der Waals surface area contributed by atoms with E-state index >= 15 is 0 Å². The van der Waals surface area contributed by atoms with E-state index in [4.69, 9.17) is 0 Å². The van der Waals surface area contributed by atoms with E-state index in [0.29, 0.717) is 11.5 Å². The highest BCUT2D eigenvalue weighted by atomic mass is 16.1. The van der Waals surface area contributed by atoms with E-state index in [1.165, 1.54) is 11.0 Å². The quantitative estimate of drug-likeness (QED) is 0.659. The lowest BCUT2D eigenvalue weighted by Crippen LogP contribution is -2.08. The van der Waals surface area contributed by atoms with Crippen LogP contribution in [0.15, 0.2) is 12.4 Å². The molecule has 16 heavy (non-hydrogen) atoms. The zero-order valence-corrected chi connectivity index (χ0v) is 8.95. The molecule has 0 spiro atoms. The van der Waals surface area contributed by atoms with Gasteiger partial charge in [-0.25, -0.2) is 4.98 Å². The summed E-state index contributed by atoms with van der Waals surface area (Å²) < 4.78 is 0. The number of tetrazole rings is 1. The van der Waals surface area contributed by atoms with Crippen molar-refractivity contribution >= 4 is 5.78 Å². The third-order valence-corrected chi connectivity index (χ3v) is 1.94. The third-order valence-electron chi connectivity index (χ3n) is 1.94. The number of rotatable bonds is 3. The Hall–Kier alpha value is -2.18. The van der Waals surface area contributed by atoms with Gasteiger partial charge in [-0.2, -0.15) is 4.80 Å². The first-order valence-electron chi connectivity index (χ1n) is 4.70. The lowest BCUT2D eigenvalue weighted by atomic mass is 10.2.